The number of para-hydroxylation sites is 2. The number of nitrogens with zero attached hydrogens (tertiary/aromatic N) is 3. The Kier molecular flexibility index (Phi) is 5.13. The van der Waals surface area contributed by atoms with E-state index in [9.17, 15) is 20.0 Å². The van der Waals surface area contributed by atoms with Gasteiger partial charge in [-0.2, -0.15) is 5.10 Å². The lowest BCUT2D eigenvalue weighted by Gasteiger charge is -2.08. The van der Waals surface area contributed by atoms with Crippen molar-refractivity contribution >= 4 is 40.7 Å². The van der Waals surface area contributed by atoms with E-state index in [1.54, 1.807) is 12.1 Å². The van der Waals surface area contributed by atoms with Crippen molar-refractivity contribution in [2.24, 2.45) is 5.10 Å². The Hall–Kier alpha value is -3.40. The van der Waals surface area contributed by atoms with Crippen LogP contribution in [0.2, 0.25) is 0 Å². The number of carbonyl (C=O) groups excluding carboxylic acids is 1. The zero-order chi connectivity index (χ0) is 18.5. The third-order valence-electron chi connectivity index (χ3n) is 3.20. The summed E-state index contributed by atoms with van der Waals surface area (Å²) in [5.74, 6) is -0.871. The molecule has 1 heterocycles. The van der Waals surface area contributed by atoms with Crippen LogP contribution >= 0.6 is 11.8 Å². The van der Waals surface area contributed by atoms with Gasteiger partial charge in [-0.1, -0.05) is 35.7 Å². The van der Waals surface area contributed by atoms with E-state index in [0.29, 0.717) is 16.3 Å². The van der Waals surface area contributed by atoms with Crippen LogP contribution in [0.15, 0.2) is 57.2 Å². The van der Waals surface area contributed by atoms with Gasteiger partial charge < -0.3 is 9.52 Å². The van der Waals surface area contributed by atoms with Gasteiger partial charge in [-0.15, -0.1) is 0 Å². The first kappa shape index (κ1) is 17.4. The van der Waals surface area contributed by atoms with E-state index < -0.39 is 16.6 Å². The summed E-state index contributed by atoms with van der Waals surface area (Å²) < 4.78 is 5.47. The Morgan fingerprint density at radius 2 is 2.15 bits per heavy atom. The highest BCUT2D eigenvalue weighted by Gasteiger charge is 2.09. The molecule has 0 saturated heterocycles. The highest BCUT2D eigenvalue weighted by atomic mass is 32.2. The third kappa shape index (κ3) is 4.16. The number of oxazole rings is 1. The summed E-state index contributed by atoms with van der Waals surface area (Å²) >= 11 is 1.10. The lowest BCUT2D eigenvalue weighted by atomic mass is 10.2. The number of benzene rings is 2. The van der Waals surface area contributed by atoms with Crippen LogP contribution in [-0.2, 0) is 4.79 Å². The normalized spacial score (nSPS) is 11.1. The highest BCUT2D eigenvalue weighted by Crippen LogP contribution is 2.23. The second-order valence-corrected chi connectivity index (χ2v) is 5.94. The first-order valence-electron chi connectivity index (χ1n) is 7.28. The number of hydrogen-bond acceptors (Lipinski definition) is 8. The largest absolute Gasteiger partial charge is 0.872 e. The molecule has 1 aromatic heterocycles. The summed E-state index contributed by atoms with van der Waals surface area (Å²) in [6.07, 6.45) is 1.07. The number of nitro benzene ring substituents is 1. The molecule has 0 aliphatic rings. The topological polar surface area (TPSA) is 134 Å². The molecule has 0 radical (unpaired) electrons. The molecule has 0 aliphatic heterocycles. The molecule has 0 aliphatic carbocycles. The van der Waals surface area contributed by atoms with Gasteiger partial charge in [0, 0.05) is 12.1 Å². The molecule has 26 heavy (non-hydrogen) atoms. The van der Waals surface area contributed by atoms with Gasteiger partial charge in [-0.05, 0) is 17.7 Å². The molecule has 0 fully saturated rings. The molecule has 0 atom stereocenters. The van der Waals surface area contributed by atoms with Crippen LogP contribution in [0.5, 0.6) is 5.75 Å². The smallest absolute Gasteiger partial charge is 0.270 e. The average molecular weight is 371 g/mol. The fourth-order valence-electron chi connectivity index (χ4n) is 2.00. The molecule has 1 amide bonds. The highest BCUT2D eigenvalue weighted by molar-refractivity contribution is 7.99. The standard InChI is InChI=1S/C16H12N4O5S/c21-13-6-5-11(20(23)24)7-10(13)8-17-19-15(22)9-26-16-18-12-3-1-2-4-14(12)25-16/h1-8,21H,9H2,(H,19,22)/p-1/b17-8+. The van der Waals surface area contributed by atoms with E-state index >= 15 is 0 Å². The number of non-ortho nitro benzene ring substituents is 1. The zero-order valence-electron chi connectivity index (χ0n) is 13.1. The van der Waals surface area contributed by atoms with Gasteiger partial charge in [0.15, 0.2) is 5.58 Å². The van der Waals surface area contributed by atoms with Crippen molar-refractivity contribution < 1.29 is 19.2 Å². The predicted molar refractivity (Wildman–Crippen MR) is 93.0 cm³/mol. The van der Waals surface area contributed by atoms with E-state index in [0.717, 1.165) is 36.2 Å². The maximum absolute atomic E-state index is 11.8. The lowest BCUT2D eigenvalue weighted by Crippen LogP contribution is -2.19. The minimum atomic E-state index is -0.619. The lowest BCUT2D eigenvalue weighted by molar-refractivity contribution is -0.385. The molecule has 0 bridgehead atoms. The van der Waals surface area contributed by atoms with Gasteiger partial charge >= 0.3 is 0 Å². The van der Waals surface area contributed by atoms with Crippen LogP contribution in [0.3, 0.4) is 0 Å². The number of fused-ring (bicyclic) bond motifs is 1. The first-order chi connectivity index (χ1) is 12.5. The number of nitrogens with one attached hydrogen (secondary N) is 1. The summed E-state index contributed by atoms with van der Waals surface area (Å²) in [7, 11) is 0. The number of thioether (sulfide) groups is 1. The van der Waals surface area contributed by atoms with E-state index in [1.807, 2.05) is 12.1 Å². The Morgan fingerprint density at radius 3 is 2.92 bits per heavy atom. The van der Waals surface area contributed by atoms with Crippen molar-refractivity contribution in [1.29, 1.82) is 0 Å². The predicted octanol–water partition coefficient (Wildman–Crippen LogP) is 2.05. The summed E-state index contributed by atoms with van der Waals surface area (Å²) in [4.78, 5) is 26.1. The van der Waals surface area contributed by atoms with Crippen LogP contribution in [0.25, 0.3) is 11.1 Å². The van der Waals surface area contributed by atoms with Gasteiger partial charge in [0.1, 0.15) is 5.52 Å². The molecule has 0 spiro atoms. The molecule has 10 heteroatoms. The van der Waals surface area contributed by atoms with Crippen molar-refractivity contribution in [2.75, 3.05) is 5.75 Å². The number of nitro groups is 1. The number of rotatable bonds is 6. The first-order valence-corrected chi connectivity index (χ1v) is 8.27. The summed E-state index contributed by atoms with van der Waals surface area (Å²) in [5.41, 5.74) is 3.34. The third-order valence-corrected chi connectivity index (χ3v) is 4.03. The fourth-order valence-corrected chi connectivity index (χ4v) is 2.63. The summed E-state index contributed by atoms with van der Waals surface area (Å²) in [5, 5.41) is 26.3. The summed E-state index contributed by atoms with van der Waals surface area (Å²) in [6.45, 7) is 0. The minimum Gasteiger partial charge on any atom is -0.872 e. The van der Waals surface area contributed by atoms with Crippen molar-refractivity contribution in [3.05, 3.63) is 58.1 Å². The van der Waals surface area contributed by atoms with E-state index in [1.165, 1.54) is 0 Å². The van der Waals surface area contributed by atoms with Crippen LogP contribution in [0, 0.1) is 10.1 Å². The van der Waals surface area contributed by atoms with Crippen molar-refractivity contribution in [1.82, 2.24) is 10.4 Å². The van der Waals surface area contributed by atoms with Gasteiger partial charge in [-0.3, -0.25) is 14.9 Å². The molecule has 9 nitrogen and oxygen atoms in total. The van der Waals surface area contributed by atoms with Crippen molar-refractivity contribution in [3.63, 3.8) is 0 Å². The fraction of sp³-hybridized carbons (Fsp3) is 0.0625. The number of amides is 1. The molecule has 0 saturated carbocycles. The molecule has 1 N–H and O–H groups in total. The Bertz CT molecular complexity index is 968. The molecular weight excluding hydrogens is 360 g/mol. The SMILES string of the molecule is O=C(CSc1nc2ccccc2o1)N/N=C/c1cc([N+](=O)[O-])ccc1[O-]. The minimum absolute atomic E-state index is 0.00331. The van der Waals surface area contributed by atoms with E-state index in [2.05, 4.69) is 15.5 Å². The Morgan fingerprint density at radius 1 is 1.35 bits per heavy atom. The zero-order valence-corrected chi connectivity index (χ0v) is 13.9. The average Bonchev–Trinajstić information content (AvgIpc) is 3.04. The molecule has 3 aromatic rings. The number of carbonyl (C=O) groups is 1. The molecule has 3 rings (SSSR count). The van der Waals surface area contributed by atoms with Gasteiger partial charge in [-0.25, -0.2) is 10.4 Å². The monoisotopic (exact) mass is 371 g/mol. The van der Waals surface area contributed by atoms with Crippen molar-refractivity contribution in [2.45, 2.75) is 5.22 Å². The van der Waals surface area contributed by atoms with Gasteiger partial charge in [0.25, 0.3) is 16.8 Å². The number of aromatic nitrogens is 1. The van der Waals surface area contributed by atoms with E-state index in [4.69, 9.17) is 4.42 Å². The number of hydrogen-bond donors (Lipinski definition) is 1. The summed E-state index contributed by atoms with van der Waals surface area (Å²) in [6, 6.07) is 10.5. The molecule has 132 valence electrons. The second kappa shape index (κ2) is 7.66. The molecular formula is C16H11N4O5S-. The Balaban J connectivity index is 1.56. The molecule has 2 aromatic carbocycles. The second-order valence-electron chi connectivity index (χ2n) is 5.01. The Labute approximate surface area is 150 Å². The van der Waals surface area contributed by atoms with Crippen molar-refractivity contribution in [3.8, 4) is 5.75 Å². The van der Waals surface area contributed by atoms with E-state index in [-0.39, 0.29) is 17.0 Å². The van der Waals surface area contributed by atoms with Crippen LogP contribution < -0.4 is 10.5 Å². The number of hydrazone groups is 1. The van der Waals surface area contributed by atoms with Crippen LogP contribution in [0.4, 0.5) is 5.69 Å². The maximum Gasteiger partial charge on any atom is 0.270 e. The van der Waals surface area contributed by atoms with Crippen LogP contribution in [0.1, 0.15) is 5.56 Å². The van der Waals surface area contributed by atoms with Gasteiger partial charge in [0.2, 0.25) is 0 Å². The molecule has 0 unspecified atom stereocenters. The van der Waals surface area contributed by atoms with Gasteiger partial charge in [0.05, 0.1) is 16.9 Å². The van der Waals surface area contributed by atoms with Crippen LogP contribution in [-0.4, -0.2) is 27.8 Å². The maximum atomic E-state index is 11.8. The quantitative estimate of drug-likeness (QED) is 0.303.